The molecule has 0 heterocycles. The minimum Gasteiger partial charge on any atom is -0.493 e. The van der Waals surface area contributed by atoms with Crippen molar-refractivity contribution in [3.05, 3.63) is 54.1 Å². The second-order valence-electron chi connectivity index (χ2n) is 4.18. The van der Waals surface area contributed by atoms with Crippen LogP contribution in [0.1, 0.15) is 10.4 Å². The van der Waals surface area contributed by atoms with Gasteiger partial charge in [-0.15, -0.1) is 11.8 Å². The number of methoxy groups -OCH3 is 2. The van der Waals surface area contributed by atoms with Crippen LogP contribution in [-0.4, -0.2) is 26.0 Å². The third-order valence-corrected chi connectivity index (χ3v) is 3.74. The van der Waals surface area contributed by atoms with Crippen molar-refractivity contribution >= 4 is 17.7 Å². The quantitative estimate of drug-likeness (QED) is 0.657. The molecule has 4 nitrogen and oxygen atoms in total. The lowest BCUT2D eigenvalue weighted by atomic mass is 10.2. The van der Waals surface area contributed by atoms with Crippen molar-refractivity contribution < 1.29 is 14.3 Å². The summed E-state index contributed by atoms with van der Waals surface area (Å²) in [6.07, 6.45) is 0. The van der Waals surface area contributed by atoms with Crippen LogP contribution in [0.25, 0.3) is 0 Å². The molecule has 0 aliphatic carbocycles. The van der Waals surface area contributed by atoms with E-state index in [9.17, 15) is 4.79 Å². The molecule has 110 valence electrons. The van der Waals surface area contributed by atoms with Crippen LogP contribution in [-0.2, 0) is 0 Å². The van der Waals surface area contributed by atoms with E-state index in [-0.39, 0.29) is 5.91 Å². The lowest BCUT2D eigenvalue weighted by molar-refractivity contribution is 0.0961. The standard InChI is InChI=1S/C16H17NO3S/c1-19-14-9-8-13(10-15(14)20-2)21-11-17-16(18)12-6-4-3-5-7-12/h3-10H,11H2,1-2H3,(H,17,18). The van der Waals surface area contributed by atoms with Gasteiger partial charge in [0.05, 0.1) is 20.1 Å². The molecule has 0 radical (unpaired) electrons. The minimum absolute atomic E-state index is 0.0800. The molecule has 0 fully saturated rings. The first-order valence-corrected chi connectivity index (χ1v) is 7.41. The van der Waals surface area contributed by atoms with Crippen molar-refractivity contribution in [1.29, 1.82) is 0 Å². The monoisotopic (exact) mass is 303 g/mol. The number of ether oxygens (including phenoxy) is 2. The molecule has 0 spiro atoms. The first kappa shape index (κ1) is 15.3. The number of amides is 1. The van der Waals surface area contributed by atoms with Gasteiger partial charge in [0.25, 0.3) is 5.91 Å². The molecule has 0 unspecified atom stereocenters. The summed E-state index contributed by atoms with van der Waals surface area (Å²) in [4.78, 5) is 12.9. The molecular formula is C16H17NO3S. The molecule has 0 atom stereocenters. The van der Waals surface area contributed by atoms with Crippen LogP contribution in [0.4, 0.5) is 0 Å². The molecule has 0 aliphatic heterocycles. The van der Waals surface area contributed by atoms with E-state index in [1.165, 1.54) is 11.8 Å². The van der Waals surface area contributed by atoms with E-state index in [1.54, 1.807) is 26.4 Å². The van der Waals surface area contributed by atoms with Gasteiger partial charge < -0.3 is 14.8 Å². The van der Waals surface area contributed by atoms with Gasteiger partial charge in [-0.2, -0.15) is 0 Å². The molecule has 5 heteroatoms. The van der Waals surface area contributed by atoms with E-state index < -0.39 is 0 Å². The van der Waals surface area contributed by atoms with Gasteiger partial charge in [0.2, 0.25) is 0 Å². The van der Waals surface area contributed by atoms with Crippen LogP contribution in [0.15, 0.2) is 53.4 Å². The Balaban J connectivity index is 1.90. The zero-order valence-corrected chi connectivity index (χ0v) is 12.8. The number of thioether (sulfide) groups is 1. The van der Waals surface area contributed by atoms with Gasteiger partial charge in [0.15, 0.2) is 11.5 Å². The Labute approximate surface area is 128 Å². The molecule has 0 aromatic heterocycles. The van der Waals surface area contributed by atoms with Crippen molar-refractivity contribution in [1.82, 2.24) is 5.32 Å². The number of nitrogens with one attached hydrogen (secondary N) is 1. The lowest BCUT2D eigenvalue weighted by Gasteiger charge is -2.09. The van der Waals surface area contributed by atoms with Crippen molar-refractivity contribution in [2.75, 3.05) is 20.1 Å². The fourth-order valence-electron chi connectivity index (χ4n) is 1.78. The van der Waals surface area contributed by atoms with Crippen molar-refractivity contribution in [2.24, 2.45) is 0 Å². The summed E-state index contributed by atoms with van der Waals surface area (Å²) in [5.74, 6) is 1.78. The topological polar surface area (TPSA) is 47.6 Å². The number of carbonyl (C=O) groups excluding carboxylic acids is 1. The largest absolute Gasteiger partial charge is 0.493 e. The highest BCUT2D eigenvalue weighted by atomic mass is 32.2. The first-order chi connectivity index (χ1) is 10.2. The van der Waals surface area contributed by atoms with E-state index in [0.717, 1.165) is 4.90 Å². The maximum absolute atomic E-state index is 11.9. The number of hydrogen-bond acceptors (Lipinski definition) is 4. The highest BCUT2D eigenvalue weighted by Gasteiger charge is 2.06. The third-order valence-electron chi connectivity index (χ3n) is 2.86. The van der Waals surface area contributed by atoms with Gasteiger partial charge in [-0.3, -0.25) is 4.79 Å². The maximum Gasteiger partial charge on any atom is 0.251 e. The Bertz CT molecular complexity index is 602. The summed E-state index contributed by atoms with van der Waals surface area (Å²) in [7, 11) is 3.20. The van der Waals surface area contributed by atoms with Gasteiger partial charge in [-0.25, -0.2) is 0 Å². The molecule has 0 saturated carbocycles. The third kappa shape index (κ3) is 4.16. The van der Waals surface area contributed by atoms with Crippen LogP contribution in [0.5, 0.6) is 11.5 Å². The second kappa shape index (κ2) is 7.59. The molecule has 2 rings (SSSR count). The summed E-state index contributed by atoms with van der Waals surface area (Å²) in [5, 5.41) is 2.87. The fraction of sp³-hybridized carbons (Fsp3) is 0.188. The van der Waals surface area contributed by atoms with Crippen molar-refractivity contribution in [2.45, 2.75) is 4.90 Å². The van der Waals surface area contributed by atoms with E-state index in [4.69, 9.17) is 9.47 Å². The van der Waals surface area contributed by atoms with Crippen LogP contribution >= 0.6 is 11.8 Å². The SMILES string of the molecule is COc1ccc(SCNC(=O)c2ccccc2)cc1OC. The molecule has 2 aromatic carbocycles. The van der Waals surface area contributed by atoms with E-state index >= 15 is 0 Å². The van der Waals surface area contributed by atoms with Crippen LogP contribution in [0.2, 0.25) is 0 Å². The van der Waals surface area contributed by atoms with Gasteiger partial charge in [-0.05, 0) is 30.3 Å². The fourth-order valence-corrected chi connectivity index (χ4v) is 2.51. The number of rotatable bonds is 6. The minimum atomic E-state index is -0.0800. The number of hydrogen-bond donors (Lipinski definition) is 1. The number of carbonyl (C=O) groups is 1. The Morgan fingerprint density at radius 1 is 1.05 bits per heavy atom. The molecule has 0 bridgehead atoms. The molecule has 0 aliphatic rings. The van der Waals surface area contributed by atoms with Crippen molar-refractivity contribution in [3.8, 4) is 11.5 Å². The molecule has 1 amide bonds. The summed E-state index contributed by atoms with van der Waals surface area (Å²) in [5.41, 5.74) is 0.658. The van der Waals surface area contributed by atoms with E-state index in [0.29, 0.717) is 22.9 Å². The molecular weight excluding hydrogens is 286 g/mol. The van der Waals surface area contributed by atoms with Crippen LogP contribution < -0.4 is 14.8 Å². The summed E-state index contributed by atoms with van der Waals surface area (Å²) in [6.45, 7) is 0. The molecule has 21 heavy (non-hydrogen) atoms. The Hall–Kier alpha value is -2.14. The van der Waals surface area contributed by atoms with Crippen molar-refractivity contribution in [3.63, 3.8) is 0 Å². The predicted molar refractivity (Wildman–Crippen MR) is 84.2 cm³/mol. The predicted octanol–water partition coefficient (Wildman–Crippen LogP) is 3.18. The highest BCUT2D eigenvalue weighted by Crippen LogP contribution is 2.31. The number of benzene rings is 2. The Morgan fingerprint density at radius 2 is 1.76 bits per heavy atom. The first-order valence-electron chi connectivity index (χ1n) is 6.42. The summed E-state index contributed by atoms with van der Waals surface area (Å²) >= 11 is 1.52. The van der Waals surface area contributed by atoms with Gasteiger partial charge in [0, 0.05) is 10.5 Å². The molecule has 0 saturated heterocycles. The highest BCUT2D eigenvalue weighted by molar-refractivity contribution is 7.99. The van der Waals surface area contributed by atoms with Crippen LogP contribution in [0, 0.1) is 0 Å². The average Bonchev–Trinajstić information content (AvgIpc) is 2.55. The van der Waals surface area contributed by atoms with Gasteiger partial charge in [0.1, 0.15) is 0 Å². The van der Waals surface area contributed by atoms with Crippen LogP contribution in [0.3, 0.4) is 0 Å². The normalized spacial score (nSPS) is 10.0. The van der Waals surface area contributed by atoms with Gasteiger partial charge >= 0.3 is 0 Å². The van der Waals surface area contributed by atoms with E-state index in [1.807, 2.05) is 36.4 Å². The zero-order valence-electron chi connectivity index (χ0n) is 12.0. The van der Waals surface area contributed by atoms with Gasteiger partial charge in [-0.1, -0.05) is 18.2 Å². The molecule has 1 N–H and O–H groups in total. The second-order valence-corrected chi connectivity index (χ2v) is 5.23. The molecule has 2 aromatic rings. The van der Waals surface area contributed by atoms with E-state index in [2.05, 4.69) is 5.32 Å². The maximum atomic E-state index is 11.9. The average molecular weight is 303 g/mol. The lowest BCUT2D eigenvalue weighted by Crippen LogP contribution is -2.22. The summed E-state index contributed by atoms with van der Waals surface area (Å²) in [6, 6.07) is 14.8. The zero-order chi connectivity index (χ0) is 15.1. The Morgan fingerprint density at radius 3 is 2.43 bits per heavy atom. The summed E-state index contributed by atoms with van der Waals surface area (Å²) < 4.78 is 10.4. The smallest absolute Gasteiger partial charge is 0.251 e. The Kier molecular flexibility index (Phi) is 5.51.